The number of fused-ring (bicyclic) bond motifs is 1. The molecule has 1 aromatic heterocycles. The van der Waals surface area contributed by atoms with Crippen LogP contribution in [0, 0.1) is 13.8 Å². The van der Waals surface area contributed by atoms with Crippen LogP contribution in [0.25, 0.3) is 10.2 Å². The van der Waals surface area contributed by atoms with Crippen LogP contribution in [0.1, 0.15) is 28.4 Å². The number of hydrogen-bond acceptors (Lipinski definition) is 4. The minimum absolute atomic E-state index is 0.0766. The van der Waals surface area contributed by atoms with E-state index in [0.717, 1.165) is 20.9 Å². The topological polar surface area (TPSA) is 42.0 Å². The second kappa shape index (κ2) is 5.89. The standard InChI is InChI=1S/C18H18N2OS/c1-11-9-10-15-16(12(11)2)20-18(22-15)19-13(3)17(21)14-7-5-4-6-8-14/h4-10,13H,1-3H3,(H,19,20). The summed E-state index contributed by atoms with van der Waals surface area (Å²) in [6, 6.07) is 13.2. The van der Waals surface area contributed by atoms with E-state index in [1.165, 1.54) is 11.1 Å². The highest BCUT2D eigenvalue weighted by molar-refractivity contribution is 7.22. The maximum Gasteiger partial charge on any atom is 0.184 e. The van der Waals surface area contributed by atoms with Crippen molar-refractivity contribution in [3.8, 4) is 0 Å². The first kappa shape index (κ1) is 14.7. The van der Waals surface area contributed by atoms with Gasteiger partial charge in [0.1, 0.15) is 0 Å². The molecule has 0 aliphatic heterocycles. The second-order valence-corrected chi connectivity index (χ2v) is 6.50. The fourth-order valence-electron chi connectivity index (χ4n) is 2.39. The van der Waals surface area contributed by atoms with Crippen LogP contribution in [-0.2, 0) is 0 Å². The normalized spacial score (nSPS) is 12.3. The zero-order valence-electron chi connectivity index (χ0n) is 12.9. The van der Waals surface area contributed by atoms with E-state index in [0.29, 0.717) is 0 Å². The molecule has 1 atom stereocenters. The largest absolute Gasteiger partial charge is 0.352 e. The predicted molar refractivity (Wildman–Crippen MR) is 93.0 cm³/mol. The van der Waals surface area contributed by atoms with Crippen molar-refractivity contribution >= 4 is 32.5 Å². The van der Waals surface area contributed by atoms with Crippen molar-refractivity contribution in [3.63, 3.8) is 0 Å². The molecule has 4 heteroatoms. The average molecular weight is 310 g/mol. The Hall–Kier alpha value is -2.20. The second-order valence-electron chi connectivity index (χ2n) is 5.47. The maximum absolute atomic E-state index is 12.4. The number of thiazole rings is 1. The minimum Gasteiger partial charge on any atom is -0.352 e. The Balaban J connectivity index is 1.84. The molecular weight excluding hydrogens is 292 g/mol. The number of anilines is 1. The summed E-state index contributed by atoms with van der Waals surface area (Å²) in [5.74, 6) is 0.0766. The van der Waals surface area contributed by atoms with Gasteiger partial charge in [-0.2, -0.15) is 0 Å². The van der Waals surface area contributed by atoms with Crippen molar-refractivity contribution in [1.29, 1.82) is 0 Å². The molecule has 22 heavy (non-hydrogen) atoms. The third kappa shape index (κ3) is 2.74. The first-order valence-electron chi connectivity index (χ1n) is 7.29. The van der Waals surface area contributed by atoms with E-state index in [2.05, 4.69) is 36.3 Å². The van der Waals surface area contributed by atoms with E-state index < -0.39 is 0 Å². The highest BCUT2D eigenvalue weighted by atomic mass is 32.1. The quantitative estimate of drug-likeness (QED) is 0.716. The molecule has 1 heterocycles. The van der Waals surface area contributed by atoms with E-state index in [1.54, 1.807) is 11.3 Å². The summed E-state index contributed by atoms with van der Waals surface area (Å²) in [5.41, 5.74) is 4.17. The summed E-state index contributed by atoms with van der Waals surface area (Å²) in [4.78, 5) is 17.0. The van der Waals surface area contributed by atoms with Gasteiger partial charge in [0.2, 0.25) is 0 Å². The van der Waals surface area contributed by atoms with Crippen LogP contribution in [0.3, 0.4) is 0 Å². The lowest BCUT2D eigenvalue weighted by atomic mass is 10.1. The Morgan fingerprint density at radius 2 is 1.86 bits per heavy atom. The molecule has 3 rings (SSSR count). The van der Waals surface area contributed by atoms with Crippen molar-refractivity contribution in [2.75, 3.05) is 5.32 Å². The molecule has 0 saturated carbocycles. The molecular formula is C18H18N2OS. The van der Waals surface area contributed by atoms with Gasteiger partial charge in [0.05, 0.1) is 16.3 Å². The van der Waals surface area contributed by atoms with Gasteiger partial charge in [-0.3, -0.25) is 4.79 Å². The minimum atomic E-state index is -0.302. The molecule has 0 amide bonds. The summed E-state index contributed by atoms with van der Waals surface area (Å²) in [6.07, 6.45) is 0. The molecule has 3 nitrogen and oxygen atoms in total. The Morgan fingerprint density at radius 3 is 2.59 bits per heavy atom. The molecule has 0 saturated heterocycles. The van der Waals surface area contributed by atoms with Gasteiger partial charge >= 0.3 is 0 Å². The molecule has 1 unspecified atom stereocenters. The molecule has 0 bridgehead atoms. The van der Waals surface area contributed by atoms with Crippen LogP contribution in [0.4, 0.5) is 5.13 Å². The average Bonchev–Trinajstić information content (AvgIpc) is 2.94. The first-order chi connectivity index (χ1) is 10.6. The van der Waals surface area contributed by atoms with Crippen molar-refractivity contribution < 1.29 is 4.79 Å². The molecule has 0 radical (unpaired) electrons. The van der Waals surface area contributed by atoms with Crippen molar-refractivity contribution in [2.45, 2.75) is 26.8 Å². The van der Waals surface area contributed by atoms with Crippen LogP contribution < -0.4 is 5.32 Å². The zero-order chi connectivity index (χ0) is 15.7. The van der Waals surface area contributed by atoms with Gasteiger partial charge in [0.25, 0.3) is 0 Å². The number of benzene rings is 2. The van der Waals surface area contributed by atoms with E-state index in [9.17, 15) is 4.79 Å². The Labute approximate surface area is 134 Å². The Kier molecular flexibility index (Phi) is 3.94. The predicted octanol–water partition coefficient (Wildman–Crippen LogP) is 4.60. The van der Waals surface area contributed by atoms with Gasteiger partial charge in [0, 0.05) is 5.56 Å². The van der Waals surface area contributed by atoms with Gasteiger partial charge in [0.15, 0.2) is 10.9 Å². The van der Waals surface area contributed by atoms with Crippen LogP contribution in [0.2, 0.25) is 0 Å². The number of rotatable bonds is 4. The third-order valence-electron chi connectivity index (χ3n) is 3.88. The maximum atomic E-state index is 12.4. The number of carbonyl (C=O) groups excluding carboxylic acids is 1. The molecule has 0 spiro atoms. The van der Waals surface area contributed by atoms with Gasteiger partial charge in [-0.15, -0.1) is 0 Å². The fraction of sp³-hybridized carbons (Fsp3) is 0.222. The number of nitrogens with zero attached hydrogens (tertiary/aromatic N) is 1. The molecule has 0 aliphatic rings. The number of Topliss-reactive ketones (excluding diaryl/α,β-unsaturated/α-hetero) is 1. The zero-order valence-corrected chi connectivity index (χ0v) is 13.7. The van der Waals surface area contributed by atoms with Crippen molar-refractivity contribution in [3.05, 3.63) is 59.2 Å². The van der Waals surface area contributed by atoms with E-state index in [1.807, 2.05) is 37.3 Å². The van der Waals surface area contributed by atoms with Crippen LogP contribution in [0.15, 0.2) is 42.5 Å². The number of aromatic nitrogens is 1. The lowest BCUT2D eigenvalue weighted by Crippen LogP contribution is -2.26. The van der Waals surface area contributed by atoms with Crippen LogP contribution >= 0.6 is 11.3 Å². The van der Waals surface area contributed by atoms with Gasteiger partial charge in [-0.25, -0.2) is 4.98 Å². The molecule has 0 fully saturated rings. The molecule has 112 valence electrons. The summed E-state index contributed by atoms with van der Waals surface area (Å²) >= 11 is 1.59. The number of ketones is 1. The number of carbonyl (C=O) groups is 1. The fourth-order valence-corrected chi connectivity index (χ4v) is 3.40. The molecule has 3 aromatic rings. The van der Waals surface area contributed by atoms with E-state index in [-0.39, 0.29) is 11.8 Å². The van der Waals surface area contributed by atoms with Crippen molar-refractivity contribution in [2.24, 2.45) is 0 Å². The third-order valence-corrected chi connectivity index (χ3v) is 4.83. The van der Waals surface area contributed by atoms with Gasteiger partial charge in [-0.1, -0.05) is 47.7 Å². The number of aryl methyl sites for hydroxylation is 2. The molecule has 2 aromatic carbocycles. The van der Waals surface area contributed by atoms with Gasteiger partial charge < -0.3 is 5.32 Å². The molecule has 1 N–H and O–H groups in total. The summed E-state index contributed by atoms with van der Waals surface area (Å²) in [6.45, 7) is 6.04. The summed E-state index contributed by atoms with van der Waals surface area (Å²) in [7, 11) is 0. The van der Waals surface area contributed by atoms with Crippen molar-refractivity contribution in [1.82, 2.24) is 4.98 Å². The number of hydrogen-bond donors (Lipinski definition) is 1. The molecule has 0 aliphatic carbocycles. The smallest absolute Gasteiger partial charge is 0.184 e. The number of nitrogens with one attached hydrogen (secondary N) is 1. The lowest BCUT2D eigenvalue weighted by Gasteiger charge is -2.11. The monoisotopic (exact) mass is 310 g/mol. The SMILES string of the molecule is Cc1ccc2sc(NC(C)C(=O)c3ccccc3)nc2c1C. The Bertz CT molecular complexity index is 824. The van der Waals surface area contributed by atoms with Crippen LogP contribution in [0.5, 0.6) is 0 Å². The van der Waals surface area contributed by atoms with E-state index >= 15 is 0 Å². The highest BCUT2D eigenvalue weighted by Gasteiger charge is 2.16. The Morgan fingerprint density at radius 1 is 1.14 bits per heavy atom. The van der Waals surface area contributed by atoms with E-state index in [4.69, 9.17) is 0 Å². The van der Waals surface area contributed by atoms with Gasteiger partial charge in [-0.05, 0) is 38.0 Å². The summed E-state index contributed by atoms with van der Waals surface area (Å²) < 4.78 is 1.14. The lowest BCUT2D eigenvalue weighted by molar-refractivity contribution is 0.0975. The first-order valence-corrected chi connectivity index (χ1v) is 8.10. The summed E-state index contributed by atoms with van der Waals surface area (Å²) in [5, 5.41) is 4.03. The van der Waals surface area contributed by atoms with Crippen LogP contribution in [-0.4, -0.2) is 16.8 Å². The highest BCUT2D eigenvalue weighted by Crippen LogP contribution is 2.30.